The molecule has 1 aromatic heterocycles. The number of hydrogen-bond donors (Lipinski definition) is 3. The zero-order valence-electron chi connectivity index (χ0n) is 24.0. The molecule has 1 unspecified atom stereocenters. The van der Waals surface area contributed by atoms with Gasteiger partial charge in [-0.3, -0.25) is 9.59 Å². The first-order valence-corrected chi connectivity index (χ1v) is 13.6. The third-order valence-electron chi connectivity index (χ3n) is 6.92. The Hall–Kier alpha value is -4.52. The Morgan fingerprint density at radius 2 is 1.52 bits per heavy atom. The summed E-state index contributed by atoms with van der Waals surface area (Å²) in [7, 11) is 0. The van der Waals surface area contributed by atoms with Crippen LogP contribution in [0.25, 0.3) is 11.3 Å². The zero-order valence-corrected chi connectivity index (χ0v) is 24.0. The summed E-state index contributed by atoms with van der Waals surface area (Å²) in [6, 6.07) is 22.7. The van der Waals surface area contributed by atoms with Gasteiger partial charge < -0.3 is 16.0 Å². The van der Waals surface area contributed by atoms with Crippen molar-refractivity contribution >= 4 is 29.1 Å². The maximum absolute atomic E-state index is 13.0. The van der Waals surface area contributed by atoms with Crippen LogP contribution >= 0.6 is 0 Å². The fraction of sp³-hybridized carbons (Fsp3) is 0.273. The molecule has 7 heteroatoms. The lowest BCUT2D eigenvalue weighted by atomic mass is 9.86. The van der Waals surface area contributed by atoms with Gasteiger partial charge in [0.25, 0.3) is 11.8 Å². The van der Waals surface area contributed by atoms with Crippen molar-refractivity contribution < 1.29 is 9.59 Å². The predicted molar refractivity (Wildman–Crippen MR) is 162 cm³/mol. The average Bonchev–Trinajstić information content (AvgIpc) is 2.94. The standard InChI is InChI=1S/C33H37N5O2/c1-7-21(2)35-30(39)24-13-17-26(18-14-24)36-32-34-20-19-29(38-32)27-9-8-10-28(22(27)3)37-31(40)23-11-15-25(16-12-23)33(4,5)6/h8-21H,7H2,1-6H3,(H,35,39)(H,37,40)(H,34,36,38). The van der Waals surface area contributed by atoms with Crippen molar-refractivity contribution in [2.24, 2.45) is 0 Å². The second kappa shape index (κ2) is 12.1. The van der Waals surface area contributed by atoms with Gasteiger partial charge in [0.05, 0.1) is 5.69 Å². The molecular formula is C33H37N5O2. The summed E-state index contributed by atoms with van der Waals surface area (Å²) in [5.74, 6) is 0.178. The number of carbonyl (C=O) groups is 2. The van der Waals surface area contributed by atoms with Crippen molar-refractivity contribution in [1.29, 1.82) is 0 Å². The van der Waals surface area contributed by atoms with Crippen molar-refractivity contribution in [1.82, 2.24) is 15.3 Å². The minimum Gasteiger partial charge on any atom is -0.350 e. The quantitative estimate of drug-likeness (QED) is 0.220. The Morgan fingerprint density at radius 1 is 0.875 bits per heavy atom. The molecule has 7 nitrogen and oxygen atoms in total. The third-order valence-corrected chi connectivity index (χ3v) is 6.92. The normalized spacial score (nSPS) is 11.9. The number of nitrogens with one attached hydrogen (secondary N) is 3. The molecule has 0 saturated heterocycles. The number of carbonyl (C=O) groups excluding carboxylic acids is 2. The van der Waals surface area contributed by atoms with Gasteiger partial charge in [0.2, 0.25) is 5.95 Å². The summed E-state index contributed by atoms with van der Waals surface area (Å²) in [5.41, 5.74) is 6.43. The number of anilines is 3. The maximum atomic E-state index is 13.0. The van der Waals surface area contributed by atoms with Crippen LogP contribution in [0.3, 0.4) is 0 Å². The van der Waals surface area contributed by atoms with Gasteiger partial charge in [-0.2, -0.15) is 0 Å². The fourth-order valence-electron chi connectivity index (χ4n) is 4.18. The molecule has 3 N–H and O–H groups in total. The van der Waals surface area contributed by atoms with E-state index in [-0.39, 0.29) is 23.3 Å². The zero-order chi connectivity index (χ0) is 28.9. The SMILES string of the molecule is CCC(C)NC(=O)c1ccc(Nc2nccc(-c3cccc(NC(=O)c4ccc(C(C)(C)C)cc4)c3C)n2)cc1. The Balaban J connectivity index is 1.48. The fourth-order valence-corrected chi connectivity index (χ4v) is 4.18. The Bertz CT molecular complexity index is 1490. The molecule has 4 rings (SSSR count). The van der Waals surface area contributed by atoms with E-state index in [0.717, 1.165) is 34.6 Å². The molecule has 4 aromatic rings. The van der Waals surface area contributed by atoms with Crippen molar-refractivity contribution in [3.63, 3.8) is 0 Å². The van der Waals surface area contributed by atoms with Crippen LogP contribution in [0.5, 0.6) is 0 Å². The number of aromatic nitrogens is 2. The number of benzene rings is 3. The Morgan fingerprint density at radius 3 is 2.17 bits per heavy atom. The van der Waals surface area contributed by atoms with Gasteiger partial charge in [-0.15, -0.1) is 0 Å². The molecule has 0 radical (unpaired) electrons. The highest BCUT2D eigenvalue weighted by Crippen LogP contribution is 2.29. The highest BCUT2D eigenvalue weighted by Gasteiger charge is 2.16. The van der Waals surface area contributed by atoms with Crippen LogP contribution in [0.4, 0.5) is 17.3 Å². The first-order chi connectivity index (χ1) is 19.0. The Kier molecular flexibility index (Phi) is 8.63. The number of nitrogens with zero attached hydrogens (tertiary/aromatic N) is 2. The molecule has 0 bridgehead atoms. The largest absolute Gasteiger partial charge is 0.350 e. The highest BCUT2D eigenvalue weighted by molar-refractivity contribution is 6.05. The molecule has 0 aliphatic carbocycles. The van der Waals surface area contributed by atoms with E-state index in [2.05, 4.69) is 41.7 Å². The minimum atomic E-state index is -0.160. The van der Waals surface area contributed by atoms with Crippen molar-refractivity contribution in [3.8, 4) is 11.3 Å². The van der Waals surface area contributed by atoms with Gasteiger partial charge in [0.1, 0.15) is 0 Å². The molecular weight excluding hydrogens is 498 g/mol. The maximum Gasteiger partial charge on any atom is 0.255 e. The van der Waals surface area contributed by atoms with Crippen LogP contribution in [0.15, 0.2) is 79.0 Å². The summed E-state index contributed by atoms with van der Waals surface area (Å²) in [6.45, 7) is 12.4. The second-order valence-corrected chi connectivity index (χ2v) is 11.0. The Labute approximate surface area is 236 Å². The molecule has 1 heterocycles. The first-order valence-electron chi connectivity index (χ1n) is 13.6. The smallest absolute Gasteiger partial charge is 0.255 e. The van der Waals surface area contributed by atoms with Crippen LogP contribution in [0, 0.1) is 6.92 Å². The average molecular weight is 536 g/mol. The van der Waals surface area contributed by atoms with Gasteiger partial charge in [-0.05, 0) is 85.3 Å². The highest BCUT2D eigenvalue weighted by atomic mass is 16.2. The summed E-state index contributed by atoms with van der Waals surface area (Å²) in [4.78, 5) is 34.4. The molecule has 1 atom stereocenters. The summed E-state index contributed by atoms with van der Waals surface area (Å²) >= 11 is 0. The van der Waals surface area contributed by atoms with E-state index in [4.69, 9.17) is 4.98 Å². The van der Waals surface area contributed by atoms with E-state index < -0.39 is 0 Å². The van der Waals surface area contributed by atoms with E-state index in [0.29, 0.717) is 17.1 Å². The predicted octanol–water partition coefficient (Wildman–Crippen LogP) is 7.27. The topological polar surface area (TPSA) is 96.0 Å². The van der Waals surface area contributed by atoms with Crippen molar-refractivity contribution in [2.75, 3.05) is 10.6 Å². The lowest BCUT2D eigenvalue weighted by molar-refractivity contribution is 0.0938. The number of rotatable bonds is 8. The van der Waals surface area contributed by atoms with Crippen LogP contribution in [-0.2, 0) is 5.41 Å². The molecule has 0 aliphatic heterocycles. The summed E-state index contributed by atoms with van der Waals surface area (Å²) in [6.07, 6.45) is 2.57. The molecule has 0 spiro atoms. The van der Waals surface area contributed by atoms with Gasteiger partial charge in [0, 0.05) is 40.3 Å². The lowest BCUT2D eigenvalue weighted by Crippen LogP contribution is -2.31. The van der Waals surface area contributed by atoms with E-state index >= 15 is 0 Å². The van der Waals surface area contributed by atoms with Crippen LogP contribution < -0.4 is 16.0 Å². The van der Waals surface area contributed by atoms with E-state index in [1.165, 1.54) is 5.56 Å². The van der Waals surface area contributed by atoms with Gasteiger partial charge in [-0.1, -0.05) is 52.0 Å². The first kappa shape index (κ1) is 28.5. The van der Waals surface area contributed by atoms with E-state index in [9.17, 15) is 9.59 Å². The van der Waals surface area contributed by atoms with Crippen molar-refractivity contribution in [2.45, 2.75) is 59.4 Å². The van der Waals surface area contributed by atoms with Gasteiger partial charge in [0.15, 0.2) is 0 Å². The van der Waals surface area contributed by atoms with Crippen LogP contribution in [0.1, 0.15) is 72.9 Å². The molecule has 0 fully saturated rings. The lowest BCUT2D eigenvalue weighted by Gasteiger charge is -2.19. The number of amides is 2. The molecule has 0 aliphatic rings. The van der Waals surface area contributed by atoms with Crippen LogP contribution in [-0.4, -0.2) is 27.8 Å². The summed E-state index contributed by atoms with van der Waals surface area (Å²) < 4.78 is 0. The van der Waals surface area contributed by atoms with E-state index in [1.807, 2.05) is 81.4 Å². The third kappa shape index (κ3) is 6.91. The van der Waals surface area contributed by atoms with Crippen LogP contribution in [0.2, 0.25) is 0 Å². The molecule has 206 valence electrons. The number of hydrogen-bond acceptors (Lipinski definition) is 5. The molecule has 40 heavy (non-hydrogen) atoms. The molecule has 0 saturated carbocycles. The monoisotopic (exact) mass is 535 g/mol. The van der Waals surface area contributed by atoms with E-state index in [1.54, 1.807) is 18.3 Å². The molecule has 2 amide bonds. The molecule has 3 aromatic carbocycles. The minimum absolute atomic E-state index is 0.0260. The summed E-state index contributed by atoms with van der Waals surface area (Å²) in [5, 5.41) is 9.23. The second-order valence-electron chi connectivity index (χ2n) is 11.0. The van der Waals surface area contributed by atoms with Crippen molar-refractivity contribution in [3.05, 3.63) is 101 Å². The van der Waals surface area contributed by atoms with Gasteiger partial charge >= 0.3 is 0 Å². The van der Waals surface area contributed by atoms with Gasteiger partial charge in [-0.25, -0.2) is 9.97 Å².